The van der Waals surface area contributed by atoms with Crippen molar-refractivity contribution in [1.82, 2.24) is 9.80 Å². The van der Waals surface area contributed by atoms with Crippen LogP contribution in [-0.4, -0.2) is 81.9 Å². The van der Waals surface area contributed by atoms with E-state index in [0.29, 0.717) is 12.8 Å². The molecule has 2 amide bonds. The van der Waals surface area contributed by atoms with Gasteiger partial charge >= 0.3 is 71.1 Å². The number of unbranched alkanes of at least 4 members (excludes halogenated alkanes) is 16. The number of carbonyl (C=O) groups is 6. The number of hydrogen-bond acceptors (Lipinski definition) is 8. The number of aliphatic carboxylic acids is 4. The van der Waals surface area contributed by atoms with Crippen molar-refractivity contribution in [3.05, 3.63) is 0 Å². The van der Waals surface area contributed by atoms with Crippen LogP contribution in [0.2, 0.25) is 0 Å². The summed E-state index contributed by atoms with van der Waals surface area (Å²) in [5.74, 6) is -4.79. The Labute approximate surface area is 345 Å². The summed E-state index contributed by atoms with van der Waals surface area (Å²) >= 11 is 0. The van der Waals surface area contributed by atoms with Crippen LogP contribution in [0.4, 0.5) is 0 Å². The molecule has 50 heavy (non-hydrogen) atoms. The zero-order valence-corrected chi connectivity index (χ0v) is 35.9. The van der Waals surface area contributed by atoms with Gasteiger partial charge in [-0.05, 0) is 12.8 Å². The van der Waals surface area contributed by atoms with Gasteiger partial charge in [0, 0.05) is 63.8 Å². The van der Waals surface area contributed by atoms with E-state index in [2.05, 4.69) is 13.8 Å². The molecule has 14 heteroatoms. The van der Waals surface area contributed by atoms with Crippen molar-refractivity contribution in [2.75, 3.05) is 26.2 Å². The molecule has 0 aromatic heterocycles. The molecule has 0 saturated heterocycles. The van der Waals surface area contributed by atoms with E-state index < -0.39 is 23.9 Å². The van der Waals surface area contributed by atoms with E-state index in [0.717, 1.165) is 38.5 Å². The molecule has 0 bridgehead atoms. The third-order valence-electron chi connectivity index (χ3n) is 8.06. The van der Waals surface area contributed by atoms with Crippen molar-refractivity contribution in [1.29, 1.82) is 0 Å². The molecule has 0 radical (unpaired) electrons. The maximum Gasteiger partial charge on any atom is 1.00 e. The third kappa shape index (κ3) is 41.2. The quantitative estimate of drug-likeness (QED) is 0.0621. The van der Waals surface area contributed by atoms with E-state index in [4.69, 9.17) is 10.2 Å². The van der Waals surface area contributed by atoms with Crippen LogP contribution in [0.15, 0.2) is 0 Å². The van der Waals surface area contributed by atoms with Crippen LogP contribution in [0.3, 0.4) is 0 Å². The van der Waals surface area contributed by atoms with Crippen molar-refractivity contribution in [3.8, 4) is 0 Å². The van der Waals surface area contributed by atoms with Crippen molar-refractivity contribution in [2.24, 2.45) is 0 Å². The van der Waals surface area contributed by atoms with Crippen molar-refractivity contribution in [2.45, 2.75) is 168 Å². The molecule has 0 aliphatic rings. The number of carboxylic acid groups (broad SMARTS) is 4. The van der Waals surface area contributed by atoms with Crippen LogP contribution in [0, 0.1) is 0 Å². The SMILES string of the molecule is CCCCCCCCCCCC(=O)N(CCC(=O)[O-])CCC(=O)O.CCCCCCCCCCCC(=O)N(CCC(=O)[O-])CCC(=O)O.[Na+].[Na+]. The first kappa shape index (κ1) is 55.6. The summed E-state index contributed by atoms with van der Waals surface area (Å²) in [7, 11) is 0. The molecule has 2 N–H and O–H groups in total. The standard InChI is InChI=1S/2C18H33NO5.2Na/c2*1-2-3-4-5-6-7-8-9-10-11-16(20)19(14-12-17(21)22)15-13-18(23)24;;/h2*2-15H2,1H3,(H,21,22)(H,23,24);;/q;;2*+1/p-2. The second-order valence-corrected chi connectivity index (χ2v) is 12.4. The average molecular weight is 731 g/mol. The Morgan fingerprint density at radius 1 is 0.400 bits per heavy atom. The summed E-state index contributed by atoms with van der Waals surface area (Å²) in [5, 5.41) is 38.5. The predicted molar refractivity (Wildman–Crippen MR) is 181 cm³/mol. The molecule has 0 heterocycles. The van der Waals surface area contributed by atoms with E-state index in [1.54, 1.807) is 0 Å². The van der Waals surface area contributed by atoms with Crippen LogP contribution in [-0.2, 0) is 28.8 Å². The van der Waals surface area contributed by atoms with E-state index in [-0.39, 0.29) is 123 Å². The molecular weight excluding hydrogens is 666 g/mol. The molecule has 0 fully saturated rings. The summed E-state index contributed by atoms with van der Waals surface area (Å²) in [5.41, 5.74) is 0. The number of carboxylic acids is 4. The maximum atomic E-state index is 12.1. The van der Waals surface area contributed by atoms with E-state index in [9.17, 15) is 39.0 Å². The molecule has 0 aromatic carbocycles. The molecule has 0 aliphatic carbocycles. The summed E-state index contributed by atoms with van der Waals surface area (Å²) in [6.07, 6.45) is 20.6. The van der Waals surface area contributed by atoms with Crippen LogP contribution in [0.25, 0.3) is 0 Å². The molecule has 0 rings (SSSR count). The van der Waals surface area contributed by atoms with Gasteiger partial charge in [0.25, 0.3) is 0 Å². The Balaban J connectivity index is -0.000000407. The topological polar surface area (TPSA) is 195 Å². The summed E-state index contributed by atoms with van der Waals surface area (Å²) in [6.45, 7) is 4.54. The summed E-state index contributed by atoms with van der Waals surface area (Å²) < 4.78 is 0. The molecule has 0 saturated carbocycles. The molecule has 0 atom stereocenters. The van der Waals surface area contributed by atoms with Gasteiger partial charge in [-0.1, -0.05) is 117 Å². The van der Waals surface area contributed by atoms with Gasteiger partial charge in [-0.3, -0.25) is 19.2 Å². The molecule has 0 spiro atoms. The Kier molecular flexibility index (Phi) is 45.1. The minimum Gasteiger partial charge on any atom is -0.550 e. The van der Waals surface area contributed by atoms with Crippen LogP contribution in [0.1, 0.15) is 168 Å². The van der Waals surface area contributed by atoms with E-state index >= 15 is 0 Å². The van der Waals surface area contributed by atoms with E-state index in [1.807, 2.05) is 0 Å². The van der Waals surface area contributed by atoms with Gasteiger partial charge in [-0.25, -0.2) is 0 Å². The largest absolute Gasteiger partial charge is 1.00 e. The van der Waals surface area contributed by atoms with Gasteiger partial charge < -0.3 is 39.8 Å². The number of nitrogens with zero attached hydrogens (tertiary/aromatic N) is 2. The number of hydrogen-bond donors (Lipinski definition) is 2. The van der Waals surface area contributed by atoms with Crippen molar-refractivity contribution < 1.29 is 108 Å². The monoisotopic (exact) mass is 730 g/mol. The van der Waals surface area contributed by atoms with Crippen LogP contribution in [0.5, 0.6) is 0 Å². The van der Waals surface area contributed by atoms with Gasteiger partial charge in [-0.2, -0.15) is 0 Å². The van der Waals surface area contributed by atoms with Crippen LogP contribution >= 0.6 is 0 Å². The van der Waals surface area contributed by atoms with Gasteiger partial charge in [-0.15, -0.1) is 0 Å². The molecule has 0 unspecified atom stereocenters. The summed E-state index contributed by atoms with van der Waals surface area (Å²) in [6, 6.07) is 0. The first-order valence-corrected chi connectivity index (χ1v) is 18.3. The first-order valence-electron chi connectivity index (χ1n) is 18.3. The fraction of sp³-hybridized carbons (Fsp3) is 0.833. The molecule has 280 valence electrons. The van der Waals surface area contributed by atoms with Gasteiger partial charge in [0.15, 0.2) is 0 Å². The van der Waals surface area contributed by atoms with Gasteiger partial charge in [0.05, 0.1) is 12.8 Å². The molecular formula is C36H64N2Na2O10. The minimum atomic E-state index is -1.23. The normalized spacial score (nSPS) is 10.1. The second-order valence-electron chi connectivity index (χ2n) is 12.4. The predicted octanol–water partition coefficient (Wildman–Crippen LogP) is -1.29. The van der Waals surface area contributed by atoms with E-state index in [1.165, 1.54) is 86.8 Å². The Bertz CT molecular complexity index is 787. The fourth-order valence-corrected chi connectivity index (χ4v) is 5.13. The Hall–Kier alpha value is -1.18. The zero-order chi connectivity index (χ0) is 36.4. The molecule has 0 aliphatic heterocycles. The van der Waals surface area contributed by atoms with Crippen molar-refractivity contribution in [3.63, 3.8) is 0 Å². The fourth-order valence-electron chi connectivity index (χ4n) is 5.13. The third-order valence-corrected chi connectivity index (χ3v) is 8.06. The molecule has 0 aromatic rings. The zero-order valence-electron chi connectivity index (χ0n) is 31.9. The van der Waals surface area contributed by atoms with Gasteiger partial charge in [0.2, 0.25) is 11.8 Å². The number of rotatable bonds is 32. The number of carbonyl (C=O) groups excluding carboxylic acids is 4. The maximum absolute atomic E-state index is 12.1. The summed E-state index contributed by atoms with van der Waals surface area (Å²) in [4.78, 5) is 69.1. The first-order chi connectivity index (χ1) is 22.9. The Morgan fingerprint density at radius 3 is 0.880 bits per heavy atom. The van der Waals surface area contributed by atoms with Crippen LogP contribution < -0.4 is 69.3 Å². The smallest absolute Gasteiger partial charge is 0.550 e. The second kappa shape index (κ2) is 40.6. The molecule has 12 nitrogen and oxygen atoms in total. The minimum absolute atomic E-state index is 0. The number of amides is 2. The Morgan fingerprint density at radius 2 is 0.640 bits per heavy atom. The van der Waals surface area contributed by atoms with Gasteiger partial charge in [0.1, 0.15) is 0 Å². The van der Waals surface area contributed by atoms with Crippen molar-refractivity contribution >= 4 is 35.7 Å². The average Bonchev–Trinajstić information content (AvgIpc) is 3.02.